The summed E-state index contributed by atoms with van der Waals surface area (Å²) in [7, 11) is 0. The molecular weight excluding hydrogens is 473 g/mol. The molecule has 0 atom stereocenters. The Morgan fingerprint density at radius 3 is 2.50 bits per heavy atom. The highest BCUT2D eigenvalue weighted by Crippen LogP contribution is 2.33. The van der Waals surface area contributed by atoms with E-state index in [4.69, 9.17) is 16.3 Å². The predicted molar refractivity (Wildman–Crippen MR) is 119 cm³/mol. The van der Waals surface area contributed by atoms with Gasteiger partial charge in [0.2, 0.25) is 0 Å². The lowest BCUT2D eigenvalue weighted by molar-refractivity contribution is -0.151. The summed E-state index contributed by atoms with van der Waals surface area (Å²) in [6.07, 6.45) is -2.15. The SMILES string of the molecule is O=C(Cc1cccc2cccnc12)OCC(=O)N1CCN(c2ncc(C(F)(F)F)cc2Cl)CC1. The number of aromatic nitrogens is 2. The highest BCUT2D eigenvalue weighted by atomic mass is 35.5. The summed E-state index contributed by atoms with van der Waals surface area (Å²) < 4.78 is 43.6. The largest absolute Gasteiger partial charge is 0.455 e. The Balaban J connectivity index is 1.28. The van der Waals surface area contributed by atoms with Gasteiger partial charge in [0.25, 0.3) is 5.91 Å². The Hall–Kier alpha value is -3.40. The number of pyridine rings is 2. The number of halogens is 4. The Morgan fingerprint density at radius 1 is 1.06 bits per heavy atom. The number of alkyl halides is 3. The van der Waals surface area contributed by atoms with Gasteiger partial charge in [-0.1, -0.05) is 35.9 Å². The van der Waals surface area contributed by atoms with E-state index in [0.29, 0.717) is 37.3 Å². The highest BCUT2D eigenvalue weighted by molar-refractivity contribution is 6.33. The second kappa shape index (κ2) is 9.84. The van der Waals surface area contributed by atoms with Crippen LogP contribution in [0.5, 0.6) is 0 Å². The minimum atomic E-state index is -4.53. The van der Waals surface area contributed by atoms with Crippen molar-refractivity contribution in [3.8, 4) is 0 Å². The van der Waals surface area contributed by atoms with E-state index in [1.165, 1.54) is 4.90 Å². The molecule has 0 spiro atoms. The Bertz CT molecular complexity index is 1210. The first-order valence-electron chi connectivity index (χ1n) is 10.5. The van der Waals surface area contributed by atoms with Gasteiger partial charge in [-0.25, -0.2) is 4.98 Å². The van der Waals surface area contributed by atoms with Gasteiger partial charge in [0, 0.05) is 44.0 Å². The number of carbonyl (C=O) groups is 2. The number of hydrogen-bond donors (Lipinski definition) is 0. The third-order valence-corrected chi connectivity index (χ3v) is 5.77. The standard InChI is InChI=1S/C23H20ClF3N4O3/c24-18-12-17(23(25,26)27)13-29-22(18)31-9-7-30(8-10-31)19(32)14-34-20(33)11-16-4-1-3-15-5-2-6-28-21(15)16/h1-6,12-13H,7-11,14H2. The van der Waals surface area contributed by atoms with Crippen LogP contribution >= 0.6 is 11.6 Å². The molecule has 178 valence electrons. The van der Waals surface area contributed by atoms with Gasteiger partial charge in [0.1, 0.15) is 5.82 Å². The van der Waals surface area contributed by atoms with Gasteiger partial charge in [-0.2, -0.15) is 13.2 Å². The maximum atomic E-state index is 12.8. The van der Waals surface area contributed by atoms with Crippen LogP contribution in [0.1, 0.15) is 11.1 Å². The number of benzene rings is 1. The molecule has 34 heavy (non-hydrogen) atoms. The molecule has 1 aromatic carbocycles. The quantitative estimate of drug-likeness (QED) is 0.505. The number of nitrogens with zero attached hydrogens (tertiary/aromatic N) is 4. The van der Waals surface area contributed by atoms with E-state index in [2.05, 4.69) is 9.97 Å². The molecule has 1 aliphatic rings. The number of fused-ring (bicyclic) bond motifs is 1. The normalized spacial score (nSPS) is 14.4. The van der Waals surface area contributed by atoms with Crippen molar-refractivity contribution in [2.24, 2.45) is 0 Å². The summed E-state index contributed by atoms with van der Waals surface area (Å²) in [6.45, 7) is 0.862. The average Bonchev–Trinajstić information content (AvgIpc) is 2.82. The van der Waals surface area contributed by atoms with Gasteiger partial charge in [-0.05, 0) is 17.7 Å². The molecule has 3 heterocycles. The van der Waals surface area contributed by atoms with Crippen molar-refractivity contribution in [2.75, 3.05) is 37.7 Å². The summed E-state index contributed by atoms with van der Waals surface area (Å²) in [6, 6.07) is 10.1. The number of ether oxygens (including phenoxy) is 1. The first-order chi connectivity index (χ1) is 16.2. The number of para-hydroxylation sites is 1. The fourth-order valence-corrected chi connectivity index (χ4v) is 4.02. The van der Waals surface area contributed by atoms with Gasteiger partial charge in [0.15, 0.2) is 6.61 Å². The van der Waals surface area contributed by atoms with Crippen LogP contribution in [0, 0.1) is 0 Å². The number of carbonyl (C=O) groups excluding carboxylic acids is 2. The highest BCUT2D eigenvalue weighted by Gasteiger charge is 2.32. The van der Waals surface area contributed by atoms with Crippen molar-refractivity contribution in [3.63, 3.8) is 0 Å². The second-order valence-electron chi connectivity index (χ2n) is 7.72. The second-order valence-corrected chi connectivity index (χ2v) is 8.13. The number of anilines is 1. The molecular formula is C23H20ClF3N4O3. The Labute approximate surface area is 198 Å². The molecule has 0 unspecified atom stereocenters. The van der Waals surface area contributed by atoms with Crippen LogP contribution in [0.2, 0.25) is 5.02 Å². The minimum Gasteiger partial charge on any atom is -0.455 e. The summed E-state index contributed by atoms with van der Waals surface area (Å²) in [4.78, 5) is 36.2. The minimum absolute atomic E-state index is 0.00645. The number of esters is 1. The van der Waals surface area contributed by atoms with Crippen molar-refractivity contribution in [2.45, 2.75) is 12.6 Å². The molecule has 0 N–H and O–H groups in total. The molecule has 2 aromatic heterocycles. The van der Waals surface area contributed by atoms with E-state index < -0.39 is 24.3 Å². The first kappa shape index (κ1) is 23.7. The van der Waals surface area contributed by atoms with E-state index in [0.717, 1.165) is 17.6 Å². The van der Waals surface area contributed by atoms with E-state index in [9.17, 15) is 22.8 Å². The molecule has 1 amide bonds. The zero-order valence-corrected chi connectivity index (χ0v) is 18.6. The van der Waals surface area contributed by atoms with Crippen LogP contribution in [0.4, 0.5) is 19.0 Å². The van der Waals surface area contributed by atoms with Gasteiger partial charge < -0.3 is 14.5 Å². The molecule has 0 radical (unpaired) electrons. The van der Waals surface area contributed by atoms with E-state index >= 15 is 0 Å². The molecule has 0 aliphatic carbocycles. The molecule has 11 heteroatoms. The van der Waals surface area contributed by atoms with Crippen LogP contribution in [-0.2, 0) is 26.9 Å². The summed E-state index contributed by atoms with van der Waals surface area (Å²) in [5.41, 5.74) is 0.501. The van der Waals surface area contributed by atoms with Crippen molar-refractivity contribution in [1.82, 2.24) is 14.9 Å². The Morgan fingerprint density at radius 2 is 1.79 bits per heavy atom. The molecule has 0 bridgehead atoms. The topological polar surface area (TPSA) is 75.6 Å². The summed E-state index contributed by atoms with van der Waals surface area (Å²) in [5, 5.41) is 0.802. The van der Waals surface area contributed by atoms with Crippen molar-refractivity contribution < 1.29 is 27.5 Å². The molecule has 1 saturated heterocycles. The van der Waals surface area contributed by atoms with Gasteiger partial charge in [-0.3, -0.25) is 14.6 Å². The predicted octanol–water partition coefficient (Wildman–Crippen LogP) is 3.74. The number of hydrogen-bond acceptors (Lipinski definition) is 6. The smallest absolute Gasteiger partial charge is 0.417 e. The fourth-order valence-electron chi connectivity index (χ4n) is 3.74. The van der Waals surface area contributed by atoms with Gasteiger partial charge in [0.05, 0.1) is 22.5 Å². The van der Waals surface area contributed by atoms with Crippen LogP contribution in [0.15, 0.2) is 48.8 Å². The maximum Gasteiger partial charge on any atom is 0.417 e. The lowest BCUT2D eigenvalue weighted by Crippen LogP contribution is -2.50. The molecule has 3 aromatic rings. The van der Waals surface area contributed by atoms with E-state index in [1.807, 2.05) is 24.3 Å². The zero-order chi connectivity index (χ0) is 24.3. The molecule has 1 fully saturated rings. The third-order valence-electron chi connectivity index (χ3n) is 5.49. The van der Waals surface area contributed by atoms with Gasteiger partial charge >= 0.3 is 12.1 Å². The maximum absolute atomic E-state index is 12.8. The Kier molecular flexibility index (Phi) is 6.87. The number of piperazine rings is 1. The first-order valence-corrected chi connectivity index (χ1v) is 10.8. The monoisotopic (exact) mass is 492 g/mol. The third kappa shape index (κ3) is 5.39. The molecule has 1 aliphatic heterocycles. The van der Waals surface area contributed by atoms with Crippen molar-refractivity contribution in [3.05, 3.63) is 64.9 Å². The van der Waals surface area contributed by atoms with Crippen LogP contribution in [0.3, 0.4) is 0 Å². The lowest BCUT2D eigenvalue weighted by Gasteiger charge is -2.35. The molecule has 0 saturated carbocycles. The van der Waals surface area contributed by atoms with E-state index in [-0.39, 0.29) is 23.2 Å². The van der Waals surface area contributed by atoms with Crippen LogP contribution in [0.25, 0.3) is 10.9 Å². The van der Waals surface area contributed by atoms with Crippen LogP contribution in [-0.4, -0.2) is 59.5 Å². The van der Waals surface area contributed by atoms with Crippen LogP contribution < -0.4 is 4.90 Å². The van der Waals surface area contributed by atoms with E-state index in [1.54, 1.807) is 17.2 Å². The fraction of sp³-hybridized carbons (Fsp3) is 0.304. The van der Waals surface area contributed by atoms with Crippen molar-refractivity contribution >= 4 is 40.2 Å². The van der Waals surface area contributed by atoms with Crippen molar-refractivity contribution in [1.29, 1.82) is 0 Å². The lowest BCUT2D eigenvalue weighted by atomic mass is 10.1. The summed E-state index contributed by atoms with van der Waals surface area (Å²) >= 11 is 6.01. The summed E-state index contributed by atoms with van der Waals surface area (Å²) in [5.74, 6) is -0.654. The molecule has 7 nitrogen and oxygen atoms in total. The molecule has 4 rings (SSSR count). The van der Waals surface area contributed by atoms with Gasteiger partial charge in [-0.15, -0.1) is 0 Å². The average molecular weight is 493 g/mol. The number of amides is 1. The zero-order valence-electron chi connectivity index (χ0n) is 17.9. The number of rotatable bonds is 5.